The number of nitrogens with zero attached hydrogens (tertiary/aromatic N) is 4. The zero-order chi connectivity index (χ0) is 18.1. The molecule has 1 unspecified atom stereocenters. The number of carbonyl (C=O) groups excluding carboxylic acids is 1. The van der Waals surface area contributed by atoms with E-state index in [0.717, 1.165) is 61.5 Å². The number of hydrogen-bond acceptors (Lipinski definition) is 4. The zero-order valence-corrected chi connectivity index (χ0v) is 15.5. The van der Waals surface area contributed by atoms with Crippen LogP contribution in [0.3, 0.4) is 0 Å². The molecule has 4 heterocycles. The van der Waals surface area contributed by atoms with Gasteiger partial charge < -0.3 is 14.8 Å². The molecule has 0 aliphatic carbocycles. The minimum Gasteiger partial charge on any atom is -0.355 e. The Morgan fingerprint density at radius 1 is 1.31 bits per heavy atom. The molecule has 2 aromatic rings. The van der Waals surface area contributed by atoms with Crippen LogP contribution in [0.1, 0.15) is 31.4 Å². The van der Waals surface area contributed by atoms with Crippen LogP contribution in [0, 0.1) is 0 Å². The van der Waals surface area contributed by atoms with Crippen molar-refractivity contribution in [3.8, 4) is 0 Å². The lowest BCUT2D eigenvalue weighted by molar-refractivity contribution is -0.128. The van der Waals surface area contributed by atoms with E-state index < -0.39 is 0 Å². The van der Waals surface area contributed by atoms with Gasteiger partial charge in [-0.05, 0) is 25.0 Å². The van der Waals surface area contributed by atoms with E-state index in [9.17, 15) is 4.79 Å². The Kier molecular flexibility index (Phi) is 4.68. The van der Waals surface area contributed by atoms with Gasteiger partial charge in [0.25, 0.3) is 0 Å². The number of hydrogen-bond donors (Lipinski definition) is 1. The number of aromatic amines is 1. The summed E-state index contributed by atoms with van der Waals surface area (Å²) in [5, 5.41) is 1.68. The third-order valence-electron chi connectivity index (χ3n) is 5.09. The monoisotopic (exact) mass is 371 g/mol. The Labute approximate surface area is 157 Å². The lowest BCUT2D eigenvalue weighted by Gasteiger charge is -2.27. The highest BCUT2D eigenvalue weighted by Crippen LogP contribution is 2.35. The largest absolute Gasteiger partial charge is 0.355 e. The van der Waals surface area contributed by atoms with Crippen molar-refractivity contribution in [1.29, 1.82) is 0 Å². The number of dihydropyridines is 1. The van der Waals surface area contributed by atoms with E-state index in [4.69, 9.17) is 16.6 Å². The van der Waals surface area contributed by atoms with Gasteiger partial charge in [0.2, 0.25) is 5.91 Å². The number of carbonyl (C=O) groups is 1. The van der Waals surface area contributed by atoms with E-state index in [1.54, 1.807) is 13.1 Å². The van der Waals surface area contributed by atoms with Crippen molar-refractivity contribution in [2.75, 3.05) is 26.2 Å². The van der Waals surface area contributed by atoms with Crippen molar-refractivity contribution in [3.05, 3.63) is 41.2 Å². The second kappa shape index (κ2) is 7.11. The molecule has 2 aliphatic rings. The van der Waals surface area contributed by atoms with Gasteiger partial charge >= 0.3 is 0 Å². The molecule has 1 saturated heterocycles. The molecule has 0 radical (unpaired) electrons. The van der Waals surface area contributed by atoms with Crippen LogP contribution in [-0.4, -0.2) is 57.7 Å². The van der Waals surface area contributed by atoms with Crippen LogP contribution in [0.4, 0.5) is 0 Å². The first-order valence-corrected chi connectivity index (χ1v) is 9.37. The first-order valence-electron chi connectivity index (χ1n) is 9.00. The van der Waals surface area contributed by atoms with Gasteiger partial charge in [-0.25, -0.2) is 4.98 Å². The summed E-state index contributed by atoms with van der Waals surface area (Å²) in [5.41, 5.74) is 1.86. The fraction of sp³-hybridized carbons (Fsp3) is 0.421. The van der Waals surface area contributed by atoms with Crippen molar-refractivity contribution in [3.63, 3.8) is 0 Å². The van der Waals surface area contributed by atoms with Gasteiger partial charge in [0.15, 0.2) is 0 Å². The molecule has 0 aromatic carbocycles. The number of amidine groups is 1. The van der Waals surface area contributed by atoms with E-state index in [1.807, 2.05) is 17.2 Å². The Morgan fingerprint density at radius 3 is 3.04 bits per heavy atom. The van der Waals surface area contributed by atoms with Crippen LogP contribution in [-0.2, 0) is 4.79 Å². The fourth-order valence-electron chi connectivity index (χ4n) is 3.73. The maximum atomic E-state index is 11.6. The SMILES string of the molecule is CC(=O)N1CCCN(C2=NC(c3c(Cl)cnc4[nH]ccc34)CC=C2)CC1. The van der Waals surface area contributed by atoms with Gasteiger partial charge in [0.1, 0.15) is 11.5 Å². The lowest BCUT2D eigenvalue weighted by atomic mass is 10.00. The molecule has 1 atom stereocenters. The van der Waals surface area contributed by atoms with Crippen LogP contribution in [0.25, 0.3) is 11.0 Å². The summed E-state index contributed by atoms with van der Waals surface area (Å²) in [4.78, 5) is 28.3. The van der Waals surface area contributed by atoms with E-state index in [1.165, 1.54) is 0 Å². The predicted molar refractivity (Wildman–Crippen MR) is 103 cm³/mol. The molecule has 1 fully saturated rings. The maximum Gasteiger partial charge on any atom is 0.219 e. The molecular formula is C19H22ClN5O. The number of pyridine rings is 1. The summed E-state index contributed by atoms with van der Waals surface area (Å²) in [6.45, 7) is 4.90. The lowest BCUT2D eigenvalue weighted by Crippen LogP contribution is -2.36. The molecular weight excluding hydrogens is 350 g/mol. The van der Waals surface area contributed by atoms with E-state index >= 15 is 0 Å². The number of H-pyrrole nitrogens is 1. The second-order valence-corrected chi connectivity index (χ2v) is 7.15. The third-order valence-corrected chi connectivity index (χ3v) is 5.39. The molecule has 0 bridgehead atoms. The van der Waals surface area contributed by atoms with Gasteiger partial charge in [-0.2, -0.15) is 0 Å². The maximum absolute atomic E-state index is 11.6. The molecule has 4 rings (SSSR count). The van der Waals surface area contributed by atoms with E-state index in [-0.39, 0.29) is 11.9 Å². The predicted octanol–water partition coefficient (Wildman–Crippen LogP) is 3.17. The molecule has 7 heteroatoms. The van der Waals surface area contributed by atoms with Gasteiger partial charge in [-0.15, -0.1) is 0 Å². The molecule has 0 spiro atoms. The van der Waals surface area contributed by atoms with Crippen molar-refractivity contribution in [2.24, 2.45) is 4.99 Å². The Balaban J connectivity index is 1.61. The highest BCUT2D eigenvalue weighted by molar-refractivity contribution is 6.32. The topological polar surface area (TPSA) is 64.6 Å². The third kappa shape index (κ3) is 3.21. The zero-order valence-electron chi connectivity index (χ0n) is 14.8. The average molecular weight is 372 g/mol. The van der Waals surface area contributed by atoms with Gasteiger partial charge in [-0.1, -0.05) is 17.7 Å². The van der Waals surface area contributed by atoms with E-state index in [0.29, 0.717) is 5.02 Å². The Hall–Kier alpha value is -2.34. The van der Waals surface area contributed by atoms with Crippen LogP contribution in [0.5, 0.6) is 0 Å². The van der Waals surface area contributed by atoms with Crippen molar-refractivity contribution >= 4 is 34.4 Å². The summed E-state index contributed by atoms with van der Waals surface area (Å²) >= 11 is 6.48. The fourth-order valence-corrected chi connectivity index (χ4v) is 4.01. The quantitative estimate of drug-likeness (QED) is 0.837. The number of aliphatic imine (C=N–C) groups is 1. The molecule has 1 amide bonds. The first kappa shape index (κ1) is 17.1. The van der Waals surface area contributed by atoms with Crippen LogP contribution in [0.2, 0.25) is 5.02 Å². The molecule has 1 N–H and O–H groups in total. The highest BCUT2D eigenvalue weighted by Gasteiger charge is 2.23. The summed E-state index contributed by atoms with van der Waals surface area (Å²) in [6.07, 6.45) is 9.60. The van der Waals surface area contributed by atoms with Crippen LogP contribution in [0.15, 0.2) is 35.6 Å². The van der Waals surface area contributed by atoms with Crippen molar-refractivity contribution < 1.29 is 4.79 Å². The minimum absolute atomic E-state index is 0.0176. The summed E-state index contributed by atoms with van der Waals surface area (Å²) in [6, 6.07) is 1.99. The molecule has 26 heavy (non-hydrogen) atoms. The molecule has 2 aliphatic heterocycles. The van der Waals surface area contributed by atoms with E-state index in [2.05, 4.69) is 27.0 Å². The smallest absolute Gasteiger partial charge is 0.219 e. The molecule has 136 valence electrons. The molecule has 6 nitrogen and oxygen atoms in total. The van der Waals surface area contributed by atoms with Crippen LogP contribution < -0.4 is 0 Å². The normalized spacial score (nSPS) is 21.0. The molecule has 0 saturated carbocycles. The number of nitrogens with one attached hydrogen (secondary N) is 1. The highest BCUT2D eigenvalue weighted by atomic mass is 35.5. The number of aromatic nitrogens is 2. The minimum atomic E-state index is -0.0176. The average Bonchev–Trinajstić information content (AvgIpc) is 2.96. The van der Waals surface area contributed by atoms with Crippen LogP contribution >= 0.6 is 11.6 Å². The molecule has 2 aromatic heterocycles. The van der Waals surface area contributed by atoms with Crippen molar-refractivity contribution in [1.82, 2.24) is 19.8 Å². The van der Waals surface area contributed by atoms with Crippen molar-refractivity contribution in [2.45, 2.75) is 25.8 Å². The summed E-state index contributed by atoms with van der Waals surface area (Å²) in [7, 11) is 0. The first-order chi connectivity index (χ1) is 12.6. The Morgan fingerprint density at radius 2 is 2.19 bits per heavy atom. The summed E-state index contributed by atoms with van der Waals surface area (Å²) < 4.78 is 0. The number of fused-ring (bicyclic) bond motifs is 1. The van der Waals surface area contributed by atoms with Gasteiger partial charge in [0, 0.05) is 56.4 Å². The summed E-state index contributed by atoms with van der Waals surface area (Å²) in [5.74, 6) is 1.12. The number of halogens is 1. The van der Waals surface area contributed by atoms with Gasteiger partial charge in [0.05, 0.1) is 11.1 Å². The second-order valence-electron chi connectivity index (χ2n) is 6.75. The van der Waals surface area contributed by atoms with Gasteiger partial charge in [-0.3, -0.25) is 9.79 Å². The standard InChI is InChI=1S/C19H22ClN5O/c1-13(26)24-8-3-9-25(11-10-24)17-5-2-4-16(23-17)18-14-6-7-21-19(14)22-12-15(18)20/h2,5-7,12,16H,3-4,8-11H2,1H3,(H,21,22). The Bertz CT molecular complexity index is 887. The number of amides is 1. The number of rotatable bonds is 1.